The Balaban J connectivity index is 1.28. The summed E-state index contributed by atoms with van der Waals surface area (Å²) in [5.74, 6) is 0.483. The second-order valence-electron chi connectivity index (χ2n) is 9.80. The number of rotatable bonds is 4. The van der Waals surface area contributed by atoms with Gasteiger partial charge in [-0.15, -0.1) is 0 Å². The van der Waals surface area contributed by atoms with Crippen LogP contribution in [-0.4, -0.2) is 49.4 Å². The van der Waals surface area contributed by atoms with E-state index in [0.717, 1.165) is 46.3 Å². The minimum Gasteiger partial charge on any atom is -0.300 e. The summed E-state index contributed by atoms with van der Waals surface area (Å²) in [6.45, 7) is 6.43. The fourth-order valence-corrected chi connectivity index (χ4v) is 5.38. The summed E-state index contributed by atoms with van der Waals surface area (Å²) in [6, 6.07) is 2.87. The van der Waals surface area contributed by atoms with Crippen LogP contribution in [0.4, 0.5) is 0 Å². The van der Waals surface area contributed by atoms with Gasteiger partial charge in [-0.2, -0.15) is 5.10 Å². The van der Waals surface area contributed by atoms with Gasteiger partial charge in [-0.1, -0.05) is 25.2 Å². The number of fused-ring (bicyclic) bond motifs is 2. The lowest BCUT2D eigenvalue weighted by Gasteiger charge is -2.34. The highest BCUT2D eigenvalue weighted by Gasteiger charge is 2.33. The predicted octanol–water partition coefficient (Wildman–Crippen LogP) is 4.59. The molecule has 0 atom stereocenters. The van der Waals surface area contributed by atoms with E-state index in [1.54, 1.807) is 11.0 Å². The van der Waals surface area contributed by atoms with Gasteiger partial charge in [0, 0.05) is 29.6 Å². The average Bonchev–Trinajstić information content (AvgIpc) is 3.61. The van der Waals surface area contributed by atoms with E-state index in [9.17, 15) is 4.79 Å². The Kier molecular flexibility index (Phi) is 5.33. The van der Waals surface area contributed by atoms with Gasteiger partial charge >= 0.3 is 0 Å². The molecule has 1 aliphatic carbocycles. The highest BCUT2D eigenvalue weighted by atomic mass is 16.2. The minimum atomic E-state index is -0.0371. The Morgan fingerprint density at radius 1 is 1.09 bits per heavy atom. The SMILES string of the molecule is CCc1nc(C)cn2nc(C3=CC(=O)N4C=C(C5CCN(C6CC6)CC5)C=C/C4=C\C=C3)cc12. The highest BCUT2D eigenvalue weighted by molar-refractivity contribution is 5.99. The predicted molar refractivity (Wildman–Crippen MR) is 134 cm³/mol. The Morgan fingerprint density at radius 2 is 1.91 bits per heavy atom. The molecule has 4 aliphatic rings. The summed E-state index contributed by atoms with van der Waals surface area (Å²) in [5.41, 5.74) is 6.71. The molecular formula is C28H31N5O. The van der Waals surface area contributed by atoms with E-state index < -0.39 is 0 Å². The first-order chi connectivity index (χ1) is 16.6. The van der Waals surface area contributed by atoms with E-state index in [2.05, 4.69) is 35.2 Å². The second kappa shape index (κ2) is 8.51. The van der Waals surface area contributed by atoms with Crippen molar-refractivity contribution in [1.29, 1.82) is 0 Å². The summed E-state index contributed by atoms with van der Waals surface area (Å²) >= 11 is 0. The standard InChI is InChI=1S/C28H31N5O/c1-3-25-27-16-26(30-33(27)17-19(2)29-25)21-5-4-6-24-8-7-22(18-32(24)28(34)15-21)20-11-13-31(14-12-20)23-9-10-23/h4-8,15-18,20,23H,3,9-14H2,1-2H3/b5-4?,21-15?,24-6+. The van der Waals surface area contributed by atoms with E-state index in [4.69, 9.17) is 5.10 Å². The number of hydrogen-bond donors (Lipinski definition) is 0. The summed E-state index contributed by atoms with van der Waals surface area (Å²) in [4.78, 5) is 22.5. The van der Waals surface area contributed by atoms with Crippen molar-refractivity contribution in [1.82, 2.24) is 24.4 Å². The van der Waals surface area contributed by atoms with Gasteiger partial charge in [-0.25, -0.2) is 4.52 Å². The van der Waals surface area contributed by atoms with Crippen LogP contribution in [0.1, 0.15) is 49.7 Å². The fraction of sp³-hybridized carbons (Fsp3) is 0.393. The van der Waals surface area contributed by atoms with Crippen LogP contribution in [0.5, 0.6) is 0 Å². The molecule has 0 unspecified atom stereocenters. The molecule has 174 valence electrons. The van der Waals surface area contributed by atoms with Gasteiger partial charge in [-0.05, 0) is 81.8 Å². The van der Waals surface area contributed by atoms with Gasteiger partial charge in [0.2, 0.25) is 0 Å². The fourth-order valence-electron chi connectivity index (χ4n) is 5.38. The quantitative estimate of drug-likeness (QED) is 0.679. The number of likely N-dealkylation sites (tertiary alicyclic amines) is 1. The molecule has 0 bridgehead atoms. The second-order valence-corrected chi connectivity index (χ2v) is 9.80. The maximum absolute atomic E-state index is 13.4. The Bertz CT molecular complexity index is 1300. The van der Waals surface area contributed by atoms with Crippen molar-refractivity contribution in [2.75, 3.05) is 13.1 Å². The molecule has 6 heteroatoms. The number of amides is 1. The van der Waals surface area contributed by atoms with Crippen LogP contribution in [0.25, 0.3) is 11.1 Å². The first kappa shape index (κ1) is 21.3. The van der Waals surface area contributed by atoms with Crippen LogP contribution in [0.3, 0.4) is 0 Å². The van der Waals surface area contributed by atoms with E-state index in [1.165, 1.54) is 44.3 Å². The molecular weight excluding hydrogens is 422 g/mol. The topological polar surface area (TPSA) is 53.7 Å². The van der Waals surface area contributed by atoms with Crippen LogP contribution in [0, 0.1) is 12.8 Å². The van der Waals surface area contributed by atoms with Crippen LogP contribution in [0.2, 0.25) is 0 Å². The van der Waals surface area contributed by atoms with Crippen molar-refractivity contribution in [2.45, 2.75) is 52.0 Å². The molecule has 1 saturated heterocycles. The van der Waals surface area contributed by atoms with Crippen molar-refractivity contribution < 1.29 is 4.79 Å². The summed E-state index contributed by atoms with van der Waals surface area (Å²) in [6.07, 6.45) is 21.9. The number of piperidine rings is 1. The molecule has 34 heavy (non-hydrogen) atoms. The van der Waals surface area contributed by atoms with Gasteiger partial charge < -0.3 is 4.90 Å². The molecule has 0 aromatic carbocycles. The Morgan fingerprint density at radius 3 is 2.68 bits per heavy atom. The molecule has 3 aliphatic heterocycles. The molecule has 6 rings (SSSR count). The number of allylic oxidation sites excluding steroid dienone is 7. The molecule has 0 radical (unpaired) electrons. The summed E-state index contributed by atoms with van der Waals surface area (Å²) < 4.78 is 1.88. The normalized spacial score (nSPS) is 23.3. The number of aryl methyl sites for hydroxylation is 2. The molecule has 6 nitrogen and oxygen atoms in total. The average molecular weight is 454 g/mol. The van der Waals surface area contributed by atoms with Crippen LogP contribution >= 0.6 is 0 Å². The molecule has 5 heterocycles. The third-order valence-corrected chi connectivity index (χ3v) is 7.41. The third-order valence-electron chi connectivity index (χ3n) is 7.41. The van der Waals surface area contributed by atoms with Crippen LogP contribution < -0.4 is 0 Å². The number of nitrogens with zero attached hydrogens (tertiary/aromatic N) is 5. The van der Waals surface area contributed by atoms with Gasteiger partial charge in [-0.3, -0.25) is 14.7 Å². The van der Waals surface area contributed by atoms with Crippen molar-refractivity contribution in [3.8, 4) is 0 Å². The van der Waals surface area contributed by atoms with Gasteiger partial charge in [0.15, 0.2) is 0 Å². The van der Waals surface area contributed by atoms with E-state index in [1.807, 2.05) is 41.9 Å². The van der Waals surface area contributed by atoms with Crippen LogP contribution in [-0.2, 0) is 11.2 Å². The van der Waals surface area contributed by atoms with Gasteiger partial charge in [0.1, 0.15) is 0 Å². The number of carbonyl (C=O) groups is 1. The van der Waals surface area contributed by atoms with Crippen molar-refractivity contribution >= 4 is 17.0 Å². The summed E-state index contributed by atoms with van der Waals surface area (Å²) in [5, 5.41) is 4.76. The lowest BCUT2D eigenvalue weighted by Crippen LogP contribution is -2.36. The Labute approximate surface area is 200 Å². The highest BCUT2D eigenvalue weighted by Crippen LogP contribution is 2.35. The molecule has 1 amide bonds. The first-order valence-corrected chi connectivity index (χ1v) is 12.5. The summed E-state index contributed by atoms with van der Waals surface area (Å²) in [7, 11) is 0. The lowest BCUT2D eigenvalue weighted by molar-refractivity contribution is -0.122. The molecule has 0 N–H and O–H groups in total. The van der Waals surface area contributed by atoms with Crippen LogP contribution in [0.15, 0.2) is 66.2 Å². The van der Waals surface area contributed by atoms with Crippen molar-refractivity contribution in [2.24, 2.45) is 5.92 Å². The van der Waals surface area contributed by atoms with Crippen molar-refractivity contribution in [3.63, 3.8) is 0 Å². The zero-order chi connectivity index (χ0) is 23.2. The molecule has 2 aromatic heterocycles. The van der Waals surface area contributed by atoms with Crippen molar-refractivity contribution in [3.05, 3.63) is 83.3 Å². The third kappa shape index (κ3) is 3.96. The first-order valence-electron chi connectivity index (χ1n) is 12.5. The maximum atomic E-state index is 13.4. The maximum Gasteiger partial charge on any atom is 0.255 e. The molecule has 2 aromatic rings. The number of aromatic nitrogens is 3. The molecule has 0 spiro atoms. The lowest BCUT2D eigenvalue weighted by atomic mass is 9.88. The molecule has 2 fully saturated rings. The van der Waals surface area contributed by atoms with E-state index in [0.29, 0.717) is 5.92 Å². The van der Waals surface area contributed by atoms with E-state index >= 15 is 0 Å². The number of hydrogen-bond acceptors (Lipinski definition) is 4. The van der Waals surface area contributed by atoms with Gasteiger partial charge in [0.25, 0.3) is 5.91 Å². The zero-order valence-electron chi connectivity index (χ0n) is 19.9. The van der Waals surface area contributed by atoms with E-state index in [-0.39, 0.29) is 5.91 Å². The largest absolute Gasteiger partial charge is 0.300 e. The monoisotopic (exact) mass is 453 g/mol. The number of carbonyl (C=O) groups excluding carboxylic acids is 1. The van der Waals surface area contributed by atoms with Gasteiger partial charge in [0.05, 0.1) is 28.8 Å². The zero-order valence-corrected chi connectivity index (χ0v) is 19.9. The molecule has 1 saturated carbocycles. The Hall–Kier alpha value is -3.25. The smallest absolute Gasteiger partial charge is 0.255 e. The minimum absolute atomic E-state index is 0.0371.